The molecule has 4 aromatic rings. The van der Waals surface area contributed by atoms with Crippen molar-refractivity contribution in [2.75, 3.05) is 7.11 Å². The Kier molecular flexibility index (Phi) is 5.55. The van der Waals surface area contributed by atoms with Crippen molar-refractivity contribution in [3.8, 4) is 11.1 Å². The summed E-state index contributed by atoms with van der Waals surface area (Å²) < 4.78 is 6.88. The van der Waals surface area contributed by atoms with E-state index >= 15 is 0 Å². The van der Waals surface area contributed by atoms with Gasteiger partial charge in [0, 0.05) is 30.1 Å². The van der Waals surface area contributed by atoms with Gasteiger partial charge in [-0.3, -0.25) is 15.0 Å². The molecule has 156 valence electrons. The van der Waals surface area contributed by atoms with Crippen LogP contribution in [-0.2, 0) is 30.6 Å². The Morgan fingerprint density at radius 3 is 2.53 bits per heavy atom. The molecule has 0 bridgehead atoms. The standard InChI is InChI=1S/C23H27N5O2/c1-5-16-6-8-17(9-7-16)22-20(13-30-4)27-28-21(29)12-18(24-23(22)28)10-11-19-14(2)25-26-15(19)3/h6-9,12,27H,5,10-11,13H2,1-4H3,(H,25,26). The number of nitrogens with zero attached hydrogens (tertiary/aromatic N) is 3. The number of aromatic amines is 2. The van der Waals surface area contributed by atoms with Crippen molar-refractivity contribution in [2.45, 2.75) is 46.6 Å². The summed E-state index contributed by atoms with van der Waals surface area (Å²) in [6.07, 6.45) is 2.44. The summed E-state index contributed by atoms with van der Waals surface area (Å²) in [4.78, 5) is 17.7. The van der Waals surface area contributed by atoms with E-state index in [-0.39, 0.29) is 5.56 Å². The molecule has 0 amide bonds. The van der Waals surface area contributed by atoms with Gasteiger partial charge in [-0.05, 0) is 49.8 Å². The Labute approximate surface area is 175 Å². The predicted molar refractivity (Wildman–Crippen MR) is 117 cm³/mol. The number of aromatic nitrogens is 5. The molecule has 0 fully saturated rings. The third-order valence-corrected chi connectivity index (χ3v) is 5.60. The van der Waals surface area contributed by atoms with Crippen LogP contribution >= 0.6 is 0 Å². The Morgan fingerprint density at radius 1 is 1.13 bits per heavy atom. The lowest BCUT2D eigenvalue weighted by molar-refractivity contribution is 0.181. The van der Waals surface area contributed by atoms with Crippen LogP contribution in [0.3, 0.4) is 0 Å². The van der Waals surface area contributed by atoms with Gasteiger partial charge in [0.2, 0.25) is 0 Å². The number of benzene rings is 1. The van der Waals surface area contributed by atoms with Crippen molar-refractivity contribution in [1.82, 2.24) is 24.8 Å². The van der Waals surface area contributed by atoms with Crippen LogP contribution in [0.15, 0.2) is 35.1 Å². The molecule has 7 heteroatoms. The average molecular weight is 406 g/mol. The molecule has 1 aromatic carbocycles. The number of fused-ring (bicyclic) bond motifs is 1. The first-order chi connectivity index (χ1) is 14.5. The quantitative estimate of drug-likeness (QED) is 0.492. The van der Waals surface area contributed by atoms with E-state index in [9.17, 15) is 4.79 Å². The molecular weight excluding hydrogens is 378 g/mol. The summed E-state index contributed by atoms with van der Waals surface area (Å²) in [5.74, 6) is 0. The van der Waals surface area contributed by atoms with Crippen molar-refractivity contribution in [3.05, 3.63) is 74.6 Å². The van der Waals surface area contributed by atoms with Crippen LogP contribution in [0.25, 0.3) is 16.8 Å². The molecule has 0 atom stereocenters. The van der Waals surface area contributed by atoms with E-state index in [1.54, 1.807) is 13.2 Å². The lowest BCUT2D eigenvalue weighted by Gasteiger charge is -2.06. The van der Waals surface area contributed by atoms with Crippen LogP contribution < -0.4 is 5.56 Å². The molecule has 0 saturated carbocycles. The van der Waals surface area contributed by atoms with Crippen LogP contribution in [0.1, 0.15) is 40.8 Å². The molecule has 0 aliphatic rings. The van der Waals surface area contributed by atoms with E-state index in [1.165, 1.54) is 15.6 Å². The van der Waals surface area contributed by atoms with Crippen LogP contribution in [0.5, 0.6) is 0 Å². The fourth-order valence-corrected chi connectivity index (χ4v) is 3.91. The van der Waals surface area contributed by atoms with Crippen molar-refractivity contribution in [1.29, 1.82) is 0 Å². The highest BCUT2D eigenvalue weighted by molar-refractivity contribution is 5.80. The van der Waals surface area contributed by atoms with Crippen LogP contribution in [0, 0.1) is 13.8 Å². The molecule has 0 aliphatic heterocycles. The number of rotatable bonds is 7. The SMILES string of the molecule is CCc1ccc(-c2c(COC)[nH]n3c(=O)cc(CCc4c(C)n[nH]c4C)nc23)cc1. The maximum atomic E-state index is 12.8. The predicted octanol–water partition coefficient (Wildman–Crippen LogP) is 3.52. The molecule has 0 spiro atoms. The second kappa shape index (κ2) is 8.28. The minimum Gasteiger partial charge on any atom is -0.378 e. The third-order valence-electron chi connectivity index (χ3n) is 5.60. The van der Waals surface area contributed by atoms with E-state index < -0.39 is 0 Å². The molecule has 3 heterocycles. The number of aryl methyl sites for hydroxylation is 4. The van der Waals surface area contributed by atoms with E-state index in [1.807, 2.05) is 13.8 Å². The Hall–Kier alpha value is -3.19. The van der Waals surface area contributed by atoms with Gasteiger partial charge in [-0.2, -0.15) is 5.10 Å². The van der Waals surface area contributed by atoms with Gasteiger partial charge in [-0.25, -0.2) is 9.50 Å². The maximum Gasteiger partial charge on any atom is 0.272 e. The fraction of sp³-hybridized carbons (Fsp3) is 0.348. The second-order valence-corrected chi connectivity index (χ2v) is 7.61. The summed E-state index contributed by atoms with van der Waals surface area (Å²) in [6.45, 7) is 6.51. The summed E-state index contributed by atoms with van der Waals surface area (Å²) in [5.41, 5.74) is 8.55. The lowest BCUT2D eigenvalue weighted by Crippen LogP contribution is -2.16. The second-order valence-electron chi connectivity index (χ2n) is 7.61. The zero-order chi connectivity index (χ0) is 21.3. The number of ether oxygens (including phenoxy) is 1. The van der Waals surface area contributed by atoms with Gasteiger partial charge in [0.25, 0.3) is 5.56 Å². The summed E-state index contributed by atoms with van der Waals surface area (Å²) in [6, 6.07) is 9.99. The molecule has 0 saturated heterocycles. The zero-order valence-corrected chi connectivity index (χ0v) is 17.9. The number of methoxy groups -OCH3 is 1. The topological polar surface area (TPSA) is 88.1 Å². The van der Waals surface area contributed by atoms with E-state index in [4.69, 9.17) is 9.72 Å². The van der Waals surface area contributed by atoms with Gasteiger partial charge in [0.15, 0.2) is 5.65 Å². The largest absolute Gasteiger partial charge is 0.378 e. The minimum absolute atomic E-state index is 0.121. The lowest BCUT2D eigenvalue weighted by atomic mass is 10.0. The van der Waals surface area contributed by atoms with Crippen molar-refractivity contribution in [2.24, 2.45) is 0 Å². The molecule has 2 N–H and O–H groups in total. The van der Waals surface area contributed by atoms with Gasteiger partial charge in [-0.1, -0.05) is 31.2 Å². The minimum atomic E-state index is -0.121. The average Bonchev–Trinajstić information content (AvgIpc) is 3.26. The summed E-state index contributed by atoms with van der Waals surface area (Å²) >= 11 is 0. The molecule has 4 rings (SSSR count). The van der Waals surface area contributed by atoms with Crippen LogP contribution in [-0.4, -0.2) is 31.9 Å². The molecule has 0 unspecified atom stereocenters. The first-order valence-corrected chi connectivity index (χ1v) is 10.2. The fourth-order valence-electron chi connectivity index (χ4n) is 3.91. The first kappa shape index (κ1) is 20.1. The van der Waals surface area contributed by atoms with Gasteiger partial charge in [-0.15, -0.1) is 0 Å². The van der Waals surface area contributed by atoms with Gasteiger partial charge in [0.1, 0.15) is 0 Å². The van der Waals surface area contributed by atoms with Gasteiger partial charge < -0.3 is 4.74 Å². The normalized spacial score (nSPS) is 11.5. The summed E-state index contributed by atoms with van der Waals surface area (Å²) in [5, 5.41) is 10.5. The van der Waals surface area contributed by atoms with Crippen molar-refractivity contribution < 1.29 is 4.74 Å². The Morgan fingerprint density at radius 2 is 1.90 bits per heavy atom. The van der Waals surface area contributed by atoms with Crippen LogP contribution in [0.2, 0.25) is 0 Å². The van der Waals surface area contributed by atoms with Crippen molar-refractivity contribution in [3.63, 3.8) is 0 Å². The van der Waals surface area contributed by atoms with E-state index in [0.717, 1.165) is 46.7 Å². The molecule has 7 nitrogen and oxygen atoms in total. The molecule has 30 heavy (non-hydrogen) atoms. The highest BCUT2D eigenvalue weighted by Gasteiger charge is 2.17. The zero-order valence-electron chi connectivity index (χ0n) is 17.9. The monoisotopic (exact) mass is 405 g/mol. The number of H-pyrrole nitrogens is 2. The molecule has 0 radical (unpaired) electrons. The third kappa shape index (κ3) is 3.68. The summed E-state index contributed by atoms with van der Waals surface area (Å²) in [7, 11) is 1.65. The van der Waals surface area contributed by atoms with E-state index in [2.05, 4.69) is 46.5 Å². The smallest absolute Gasteiger partial charge is 0.272 e. The number of hydrogen-bond acceptors (Lipinski definition) is 4. The molecule has 0 aliphatic carbocycles. The number of nitrogens with one attached hydrogen (secondary N) is 2. The Balaban J connectivity index is 1.78. The first-order valence-electron chi connectivity index (χ1n) is 10.2. The van der Waals surface area contributed by atoms with Crippen molar-refractivity contribution >= 4 is 5.65 Å². The van der Waals surface area contributed by atoms with E-state index in [0.29, 0.717) is 18.7 Å². The Bertz CT molecular complexity index is 1210. The van der Waals surface area contributed by atoms with Crippen LogP contribution in [0.4, 0.5) is 0 Å². The van der Waals surface area contributed by atoms with Gasteiger partial charge >= 0.3 is 0 Å². The highest BCUT2D eigenvalue weighted by atomic mass is 16.5. The molecular formula is C23H27N5O2. The number of hydrogen-bond donors (Lipinski definition) is 2. The maximum absolute atomic E-state index is 12.8. The highest BCUT2D eigenvalue weighted by Crippen LogP contribution is 2.28. The molecule has 3 aromatic heterocycles. The van der Waals surface area contributed by atoms with Gasteiger partial charge in [0.05, 0.1) is 18.0 Å².